The maximum atomic E-state index is 10.9. The first-order chi connectivity index (χ1) is 8.63. The van der Waals surface area contributed by atoms with E-state index in [-0.39, 0.29) is 6.61 Å². The molecule has 0 amide bonds. The normalized spacial score (nSPS) is 12.6. The molecule has 1 heterocycles. The Morgan fingerprint density at radius 2 is 2.28 bits per heavy atom. The zero-order valence-corrected chi connectivity index (χ0v) is 10.6. The molecular formula is C13H20N2O3. The Bertz CT molecular complexity index is 357. The predicted octanol–water partition coefficient (Wildman–Crippen LogP) is 0.987. The molecule has 0 aliphatic carbocycles. The summed E-state index contributed by atoms with van der Waals surface area (Å²) in [5, 5.41) is 17.8. The van der Waals surface area contributed by atoms with E-state index in [1.165, 1.54) is 0 Å². The van der Waals surface area contributed by atoms with E-state index in [4.69, 9.17) is 10.2 Å². The summed E-state index contributed by atoms with van der Waals surface area (Å²) in [6.45, 7) is 3.54. The lowest BCUT2D eigenvalue weighted by atomic mass is 10.1. The van der Waals surface area contributed by atoms with E-state index in [1.54, 1.807) is 13.1 Å². The molecule has 1 aromatic heterocycles. The molecule has 0 aliphatic heterocycles. The topological polar surface area (TPSA) is 73.7 Å². The van der Waals surface area contributed by atoms with Gasteiger partial charge in [0.15, 0.2) is 0 Å². The van der Waals surface area contributed by atoms with Crippen molar-refractivity contribution >= 4 is 5.97 Å². The van der Waals surface area contributed by atoms with E-state index in [2.05, 4.69) is 4.98 Å². The zero-order valence-electron chi connectivity index (χ0n) is 10.6. The van der Waals surface area contributed by atoms with E-state index in [9.17, 15) is 4.79 Å². The summed E-state index contributed by atoms with van der Waals surface area (Å²) >= 11 is 0. The van der Waals surface area contributed by atoms with E-state index >= 15 is 0 Å². The number of carbonyl (C=O) groups is 1. The molecule has 1 aromatic rings. The molecule has 1 atom stereocenters. The Hall–Kier alpha value is -1.46. The van der Waals surface area contributed by atoms with Crippen molar-refractivity contribution in [2.75, 3.05) is 19.7 Å². The van der Waals surface area contributed by atoms with Crippen LogP contribution in [0, 0.1) is 5.92 Å². The Kier molecular flexibility index (Phi) is 6.32. The number of aliphatic carboxylic acids is 1. The second-order valence-corrected chi connectivity index (χ2v) is 4.37. The molecule has 1 rings (SSSR count). The van der Waals surface area contributed by atoms with Crippen molar-refractivity contribution in [1.82, 2.24) is 9.88 Å². The fourth-order valence-corrected chi connectivity index (χ4v) is 1.72. The van der Waals surface area contributed by atoms with Crippen LogP contribution in [0.1, 0.15) is 19.0 Å². The maximum absolute atomic E-state index is 10.9. The molecular weight excluding hydrogens is 232 g/mol. The minimum Gasteiger partial charge on any atom is -0.481 e. The van der Waals surface area contributed by atoms with Gasteiger partial charge in [-0.3, -0.25) is 14.7 Å². The number of nitrogens with zero attached hydrogens (tertiary/aromatic N) is 2. The van der Waals surface area contributed by atoms with Crippen molar-refractivity contribution in [3.63, 3.8) is 0 Å². The molecule has 0 saturated carbocycles. The quantitative estimate of drug-likeness (QED) is 0.721. The minimum atomic E-state index is -0.801. The van der Waals surface area contributed by atoms with Crippen molar-refractivity contribution in [3.8, 4) is 0 Å². The Morgan fingerprint density at radius 1 is 1.50 bits per heavy atom. The summed E-state index contributed by atoms with van der Waals surface area (Å²) in [7, 11) is 0. The fourth-order valence-electron chi connectivity index (χ4n) is 1.72. The molecule has 5 nitrogen and oxygen atoms in total. The van der Waals surface area contributed by atoms with Crippen LogP contribution in [0.3, 0.4) is 0 Å². The van der Waals surface area contributed by atoms with E-state index in [0.717, 1.165) is 5.69 Å². The third kappa shape index (κ3) is 5.25. The molecule has 0 saturated heterocycles. The third-order valence-corrected chi connectivity index (χ3v) is 2.70. The molecule has 18 heavy (non-hydrogen) atoms. The maximum Gasteiger partial charge on any atom is 0.307 e. The summed E-state index contributed by atoms with van der Waals surface area (Å²) in [6.07, 6.45) is 2.36. The van der Waals surface area contributed by atoms with Gasteiger partial charge in [0, 0.05) is 32.4 Å². The number of hydrogen-bond donors (Lipinski definition) is 2. The van der Waals surface area contributed by atoms with Crippen LogP contribution in [0.4, 0.5) is 0 Å². The molecule has 1 unspecified atom stereocenters. The first kappa shape index (κ1) is 14.6. The summed E-state index contributed by atoms with van der Waals surface area (Å²) in [5.74, 6) is -1.22. The average molecular weight is 252 g/mol. The molecule has 0 aromatic carbocycles. The van der Waals surface area contributed by atoms with Gasteiger partial charge in [0.05, 0.1) is 11.6 Å². The number of aliphatic hydroxyl groups excluding tert-OH is 1. The Morgan fingerprint density at radius 3 is 2.83 bits per heavy atom. The fraction of sp³-hybridized carbons (Fsp3) is 0.538. The van der Waals surface area contributed by atoms with Crippen LogP contribution >= 0.6 is 0 Å². The molecule has 2 N–H and O–H groups in total. The van der Waals surface area contributed by atoms with E-state index in [0.29, 0.717) is 26.1 Å². The number of carboxylic acid groups (broad SMARTS) is 1. The first-order valence-corrected chi connectivity index (χ1v) is 6.09. The highest BCUT2D eigenvalue weighted by Gasteiger charge is 2.16. The highest BCUT2D eigenvalue weighted by atomic mass is 16.4. The number of hydrogen-bond acceptors (Lipinski definition) is 4. The average Bonchev–Trinajstić information content (AvgIpc) is 2.37. The van der Waals surface area contributed by atoms with E-state index < -0.39 is 11.9 Å². The minimum absolute atomic E-state index is 0.111. The summed E-state index contributed by atoms with van der Waals surface area (Å²) in [4.78, 5) is 17.1. The largest absolute Gasteiger partial charge is 0.481 e. The predicted molar refractivity (Wildman–Crippen MR) is 68.0 cm³/mol. The van der Waals surface area contributed by atoms with Crippen LogP contribution in [-0.2, 0) is 11.3 Å². The van der Waals surface area contributed by atoms with Crippen LogP contribution in [0.2, 0.25) is 0 Å². The van der Waals surface area contributed by atoms with Gasteiger partial charge < -0.3 is 10.2 Å². The van der Waals surface area contributed by atoms with Gasteiger partial charge in [-0.1, -0.05) is 13.0 Å². The van der Waals surface area contributed by atoms with Gasteiger partial charge in [0.1, 0.15) is 0 Å². The number of carboxylic acids is 1. The number of aromatic nitrogens is 1. The SMILES string of the molecule is CC(CN(CCCO)Cc1ccccn1)C(=O)O. The van der Waals surface area contributed by atoms with Crippen LogP contribution in [-0.4, -0.2) is 45.8 Å². The molecule has 5 heteroatoms. The second kappa shape index (κ2) is 7.79. The third-order valence-electron chi connectivity index (χ3n) is 2.70. The van der Waals surface area contributed by atoms with Crippen molar-refractivity contribution in [2.24, 2.45) is 5.92 Å². The van der Waals surface area contributed by atoms with Crippen LogP contribution in [0.15, 0.2) is 24.4 Å². The van der Waals surface area contributed by atoms with Crippen LogP contribution in [0.25, 0.3) is 0 Å². The lowest BCUT2D eigenvalue weighted by molar-refractivity contribution is -0.141. The van der Waals surface area contributed by atoms with Crippen molar-refractivity contribution in [3.05, 3.63) is 30.1 Å². The molecule has 0 radical (unpaired) electrons. The van der Waals surface area contributed by atoms with Crippen molar-refractivity contribution in [2.45, 2.75) is 19.9 Å². The van der Waals surface area contributed by atoms with Gasteiger partial charge in [-0.2, -0.15) is 0 Å². The number of aliphatic hydroxyl groups is 1. The lowest BCUT2D eigenvalue weighted by Gasteiger charge is -2.23. The summed E-state index contributed by atoms with van der Waals surface area (Å²) < 4.78 is 0. The molecule has 0 aliphatic rings. The van der Waals surface area contributed by atoms with Gasteiger partial charge >= 0.3 is 5.97 Å². The number of rotatable bonds is 8. The van der Waals surface area contributed by atoms with Gasteiger partial charge in [-0.05, 0) is 18.6 Å². The van der Waals surface area contributed by atoms with Crippen molar-refractivity contribution in [1.29, 1.82) is 0 Å². The van der Waals surface area contributed by atoms with Gasteiger partial charge in [-0.15, -0.1) is 0 Å². The lowest BCUT2D eigenvalue weighted by Crippen LogP contribution is -2.33. The van der Waals surface area contributed by atoms with Crippen LogP contribution < -0.4 is 0 Å². The Balaban J connectivity index is 2.57. The standard InChI is InChI=1S/C13H20N2O3/c1-11(13(17)18)9-15(7-4-8-16)10-12-5-2-3-6-14-12/h2-3,5-6,11,16H,4,7-10H2,1H3,(H,17,18). The smallest absolute Gasteiger partial charge is 0.307 e. The highest BCUT2D eigenvalue weighted by molar-refractivity contribution is 5.69. The molecule has 0 bridgehead atoms. The monoisotopic (exact) mass is 252 g/mol. The number of pyridine rings is 1. The Labute approximate surface area is 107 Å². The van der Waals surface area contributed by atoms with Gasteiger partial charge in [0.2, 0.25) is 0 Å². The molecule has 0 fully saturated rings. The summed E-state index contributed by atoms with van der Waals surface area (Å²) in [5.41, 5.74) is 0.910. The van der Waals surface area contributed by atoms with Gasteiger partial charge in [-0.25, -0.2) is 0 Å². The highest BCUT2D eigenvalue weighted by Crippen LogP contribution is 2.06. The van der Waals surface area contributed by atoms with Gasteiger partial charge in [0.25, 0.3) is 0 Å². The molecule has 0 spiro atoms. The summed E-state index contributed by atoms with van der Waals surface area (Å²) in [6, 6.07) is 5.67. The first-order valence-electron chi connectivity index (χ1n) is 6.09. The van der Waals surface area contributed by atoms with Crippen molar-refractivity contribution < 1.29 is 15.0 Å². The zero-order chi connectivity index (χ0) is 13.4. The second-order valence-electron chi connectivity index (χ2n) is 4.37. The van der Waals surface area contributed by atoms with E-state index in [1.807, 2.05) is 23.1 Å². The van der Waals surface area contributed by atoms with Crippen LogP contribution in [0.5, 0.6) is 0 Å². The molecule has 100 valence electrons.